The first kappa shape index (κ1) is 25.0. The Balaban J connectivity index is 1.08. The first-order valence-corrected chi connectivity index (χ1v) is 14.6. The van der Waals surface area contributed by atoms with Crippen LogP contribution in [0.3, 0.4) is 0 Å². The third kappa shape index (κ3) is 3.90. The van der Waals surface area contributed by atoms with Crippen LogP contribution in [0.25, 0.3) is 0 Å². The molecule has 0 aliphatic heterocycles. The second-order valence-electron chi connectivity index (χ2n) is 12.8. The van der Waals surface area contributed by atoms with Gasteiger partial charge < -0.3 is 14.2 Å². The number of carbonyl (C=O) groups is 2. The molecule has 0 aromatic heterocycles. The Labute approximate surface area is 209 Å². The van der Waals surface area contributed by atoms with Crippen LogP contribution in [0.4, 0.5) is 8.78 Å². The van der Waals surface area contributed by atoms with Crippen LogP contribution in [0, 0.1) is 41.4 Å². The maximum Gasteiger partial charge on any atom is 0.465 e. The summed E-state index contributed by atoms with van der Waals surface area (Å²) in [6, 6.07) is 0. The number of ether oxygens (including phenoxy) is 3. The van der Waals surface area contributed by atoms with Gasteiger partial charge >= 0.3 is 27.3 Å². The number of carbonyl (C=O) groups excluding carboxylic acids is 2. The highest BCUT2D eigenvalue weighted by atomic mass is 32.2. The van der Waals surface area contributed by atoms with Crippen LogP contribution in [-0.2, 0) is 33.9 Å². The van der Waals surface area contributed by atoms with Gasteiger partial charge in [0.2, 0.25) is 0 Å². The summed E-state index contributed by atoms with van der Waals surface area (Å²) in [5.41, 5.74) is -1.63. The lowest BCUT2D eigenvalue weighted by atomic mass is 9.50. The van der Waals surface area contributed by atoms with Crippen LogP contribution in [0.5, 0.6) is 0 Å². The van der Waals surface area contributed by atoms with Crippen molar-refractivity contribution < 1.29 is 45.6 Å². The van der Waals surface area contributed by atoms with E-state index in [1.165, 1.54) is 6.42 Å². The van der Waals surface area contributed by atoms with Crippen molar-refractivity contribution >= 4 is 22.1 Å². The van der Waals surface area contributed by atoms with E-state index in [0.29, 0.717) is 18.3 Å². The second-order valence-corrected chi connectivity index (χ2v) is 14.2. The molecule has 1 N–H and O–H groups in total. The van der Waals surface area contributed by atoms with Gasteiger partial charge in [-0.3, -0.25) is 4.55 Å². The third-order valence-electron chi connectivity index (χ3n) is 10.5. The molecule has 8 fully saturated rings. The van der Waals surface area contributed by atoms with Gasteiger partial charge in [-0.1, -0.05) is 0 Å². The topological polar surface area (TPSA) is 116 Å². The SMILES string of the molecule is CC1(OC(=O)COC2C3CC4CC2CC(OC(=O)C(F)(F)S(=O)(=O)O)(C4)C3)C2CC3CC(C2)CC1C3. The van der Waals surface area contributed by atoms with Gasteiger partial charge in [0.25, 0.3) is 0 Å². The van der Waals surface area contributed by atoms with Crippen molar-refractivity contribution in [2.24, 2.45) is 41.4 Å². The monoisotopic (exact) mass is 532 g/mol. The zero-order chi connectivity index (χ0) is 25.7. The van der Waals surface area contributed by atoms with E-state index < -0.39 is 32.5 Å². The van der Waals surface area contributed by atoms with E-state index in [4.69, 9.17) is 18.8 Å². The average Bonchev–Trinajstić information content (AvgIpc) is 2.75. The summed E-state index contributed by atoms with van der Waals surface area (Å²) in [4.78, 5) is 24.9. The summed E-state index contributed by atoms with van der Waals surface area (Å²) >= 11 is 0. The lowest BCUT2D eigenvalue weighted by Crippen LogP contribution is -2.60. The van der Waals surface area contributed by atoms with Gasteiger partial charge in [-0.15, -0.1) is 0 Å². The largest absolute Gasteiger partial charge is 0.465 e. The van der Waals surface area contributed by atoms with E-state index in [9.17, 15) is 26.8 Å². The summed E-state index contributed by atoms with van der Waals surface area (Å²) < 4.78 is 75.7. The standard InChI is InChI=1S/C25H34F2O8S/c1-23(18-5-13-2-14(7-18)8-19(23)6-13)34-20(28)12-33-21-16-3-15-4-17(21)11-24(9-15,10-16)35-22(29)25(26,27)36(30,31)32/h13-19,21H,2-12H2,1H3,(H,30,31,32). The minimum Gasteiger partial charge on any atom is -0.457 e. The molecule has 2 atom stereocenters. The van der Waals surface area contributed by atoms with Crippen molar-refractivity contribution in [3.05, 3.63) is 0 Å². The average molecular weight is 533 g/mol. The molecule has 0 saturated heterocycles. The van der Waals surface area contributed by atoms with E-state index in [0.717, 1.165) is 50.4 Å². The van der Waals surface area contributed by atoms with E-state index >= 15 is 0 Å². The fourth-order valence-corrected chi connectivity index (χ4v) is 9.64. The molecule has 202 valence electrons. The minimum atomic E-state index is -5.92. The molecule has 8 rings (SSSR count). The smallest absolute Gasteiger partial charge is 0.457 e. The molecule has 8 saturated carbocycles. The second kappa shape index (κ2) is 8.09. The van der Waals surface area contributed by atoms with Crippen molar-refractivity contribution in [3.8, 4) is 0 Å². The molecular formula is C25H34F2O8S. The molecule has 0 heterocycles. The van der Waals surface area contributed by atoms with E-state index in [1.807, 2.05) is 0 Å². The van der Waals surface area contributed by atoms with Gasteiger partial charge in [-0.05, 0) is 113 Å². The number of rotatable bonds is 7. The van der Waals surface area contributed by atoms with Crippen LogP contribution in [0.1, 0.15) is 71.1 Å². The minimum absolute atomic E-state index is 0.0898. The molecule has 8 nitrogen and oxygen atoms in total. The molecule has 8 aliphatic rings. The summed E-state index contributed by atoms with van der Waals surface area (Å²) in [7, 11) is -5.92. The number of hydrogen-bond donors (Lipinski definition) is 1. The summed E-state index contributed by atoms with van der Waals surface area (Å²) in [6.07, 6.45) is 8.01. The first-order chi connectivity index (χ1) is 16.8. The van der Waals surface area contributed by atoms with E-state index in [2.05, 4.69) is 6.92 Å². The third-order valence-corrected chi connectivity index (χ3v) is 11.3. The van der Waals surface area contributed by atoms with Crippen molar-refractivity contribution in [1.29, 1.82) is 0 Å². The molecule has 2 unspecified atom stereocenters. The van der Waals surface area contributed by atoms with Crippen molar-refractivity contribution in [2.45, 2.75) is 93.7 Å². The van der Waals surface area contributed by atoms with Gasteiger partial charge in [0.15, 0.2) is 0 Å². The Morgan fingerprint density at radius 1 is 0.889 bits per heavy atom. The maximum atomic E-state index is 13.8. The number of alkyl halides is 2. The van der Waals surface area contributed by atoms with Crippen LogP contribution in [-0.4, -0.2) is 54.1 Å². The lowest BCUT2D eigenvalue weighted by molar-refractivity contribution is -0.229. The molecule has 11 heteroatoms. The fraction of sp³-hybridized carbons (Fsp3) is 0.920. The molecule has 0 aromatic carbocycles. The Bertz CT molecular complexity index is 1010. The predicted octanol–water partition coefficient (Wildman–Crippen LogP) is 3.73. The van der Waals surface area contributed by atoms with Crippen LogP contribution < -0.4 is 0 Å². The number of hydrogen-bond acceptors (Lipinski definition) is 7. The van der Waals surface area contributed by atoms with Crippen LogP contribution in [0.2, 0.25) is 0 Å². The van der Waals surface area contributed by atoms with Gasteiger partial charge in [0, 0.05) is 0 Å². The highest BCUT2D eigenvalue weighted by Gasteiger charge is 2.62. The number of esters is 2. The predicted molar refractivity (Wildman–Crippen MR) is 120 cm³/mol. The lowest BCUT2D eigenvalue weighted by Gasteiger charge is -2.59. The molecule has 8 aliphatic carbocycles. The molecule has 0 spiro atoms. The van der Waals surface area contributed by atoms with Crippen molar-refractivity contribution in [3.63, 3.8) is 0 Å². The highest BCUT2D eigenvalue weighted by Crippen LogP contribution is 2.60. The zero-order valence-corrected chi connectivity index (χ0v) is 21.2. The molecule has 36 heavy (non-hydrogen) atoms. The van der Waals surface area contributed by atoms with Crippen LogP contribution >= 0.6 is 0 Å². The Hall–Kier alpha value is -1.33. The molecule has 8 bridgehead atoms. The molecule has 0 radical (unpaired) electrons. The Morgan fingerprint density at radius 2 is 1.44 bits per heavy atom. The highest BCUT2D eigenvalue weighted by molar-refractivity contribution is 7.87. The van der Waals surface area contributed by atoms with E-state index in [-0.39, 0.29) is 49.3 Å². The van der Waals surface area contributed by atoms with Gasteiger partial charge in [-0.25, -0.2) is 9.59 Å². The fourth-order valence-electron chi connectivity index (χ4n) is 9.39. The first-order valence-electron chi connectivity index (χ1n) is 13.2. The van der Waals surface area contributed by atoms with Crippen molar-refractivity contribution in [2.75, 3.05) is 6.61 Å². The Kier molecular flexibility index (Phi) is 5.61. The zero-order valence-electron chi connectivity index (χ0n) is 20.4. The summed E-state index contributed by atoms with van der Waals surface area (Å²) in [5, 5.41) is -5.01. The van der Waals surface area contributed by atoms with E-state index in [1.54, 1.807) is 0 Å². The van der Waals surface area contributed by atoms with Gasteiger partial charge in [0.05, 0.1) is 6.10 Å². The molecule has 0 aromatic rings. The number of halogens is 2. The van der Waals surface area contributed by atoms with Gasteiger partial charge in [0.1, 0.15) is 17.8 Å². The molecule has 0 amide bonds. The normalized spacial score (nSPS) is 46.7. The maximum absolute atomic E-state index is 13.8. The summed E-state index contributed by atoms with van der Waals surface area (Å²) in [5.74, 6) is -0.285. The molecular weight excluding hydrogens is 498 g/mol. The Morgan fingerprint density at radius 3 is 1.97 bits per heavy atom. The van der Waals surface area contributed by atoms with Gasteiger partial charge in [-0.2, -0.15) is 17.2 Å². The van der Waals surface area contributed by atoms with Crippen molar-refractivity contribution in [1.82, 2.24) is 0 Å². The quantitative estimate of drug-likeness (QED) is 0.390. The van der Waals surface area contributed by atoms with Crippen LogP contribution in [0.15, 0.2) is 0 Å². The summed E-state index contributed by atoms with van der Waals surface area (Å²) in [6.45, 7) is 1.92.